The summed E-state index contributed by atoms with van der Waals surface area (Å²) >= 11 is 5.26. The van der Waals surface area contributed by atoms with Gasteiger partial charge in [0.1, 0.15) is 23.0 Å². The molecule has 6 heteroatoms. The monoisotopic (exact) mass is 592 g/mol. The number of rotatable bonds is 10. The molecule has 0 N–H and O–H groups in total. The summed E-state index contributed by atoms with van der Waals surface area (Å²) in [4.78, 5) is 5.55. The number of para-hydroxylation sites is 2. The Labute approximate surface area is 240 Å². The first-order valence-electron chi connectivity index (χ1n) is 12.6. The third-order valence-corrected chi connectivity index (χ3v) is 6.75. The number of hydrogen-bond acceptors (Lipinski definition) is 5. The van der Waals surface area contributed by atoms with Crippen LogP contribution in [0.15, 0.2) is 106 Å². The largest absolute Gasteiger partial charge is 0.457 e. The standard InChI is InChI=1S/C17H21NOS.C15H16BrNO/c1-4-20-16-11-9-15(10-12-16)19-17-8-6-5-7-14(17)13-18(2)3;1-17(2)11-12-5-3-4-6-15(12)18-14-9-7-13(16)8-10-14/h5-12H,4,13H2,1-3H3;3-10H,11H2,1-2H3. The normalized spacial score (nSPS) is 10.7. The highest BCUT2D eigenvalue weighted by atomic mass is 79.9. The summed E-state index contributed by atoms with van der Waals surface area (Å²) in [6.45, 7) is 3.90. The van der Waals surface area contributed by atoms with E-state index in [0.29, 0.717) is 0 Å². The van der Waals surface area contributed by atoms with Crippen molar-refractivity contribution in [2.75, 3.05) is 33.9 Å². The molecule has 0 unspecified atom stereocenters. The van der Waals surface area contributed by atoms with Crippen LogP contribution in [0.5, 0.6) is 23.0 Å². The van der Waals surface area contributed by atoms with Gasteiger partial charge < -0.3 is 19.3 Å². The zero-order valence-electron chi connectivity index (χ0n) is 22.9. The molecule has 4 aromatic rings. The van der Waals surface area contributed by atoms with Gasteiger partial charge in [-0.1, -0.05) is 59.3 Å². The Morgan fingerprint density at radius 2 is 1.03 bits per heavy atom. The Hall–Kier alpha value is -2.77. The van der Waals surface area contributed by atoms with Crippen LogP contribution >= 0.6 is 27.7 Å². The molecule has 0 amide bonds. The van der Waals surface area contributed by atoms with E-state index in [1.165, 1.54) is 16.0 Å². The molecule has 0 fully saturated rings. The Bertz CT molecular complexity index is 1250. The summed E-state index contributed by atoms with van der Waals surface area (Å²) in [6, 6.07) is 32.5. The molecule has 0 atom stereocenters. The molecule has 0 aliphatic carbocycles. The van der Waals surface area contributed by atoms with Crippen molar-refractivity contribution in [3.63, 3.8) is 0 Å². The quantitative estimate of drug-likeness (QED) is 0.171. The van der Waals surface area contributed by atoms with Gasteiger partial charge in [-0.15, -0.1) is 11.8 Å². The van der Waals surface area contributed by atoms with Gasteiger partial charge in [-0.3, -0.25) is 0 Å². The van der Waals surface area contributed by atoms with Crippen LogP contribution in [0.2, 0.25) is 0 Å². The lowest BCUT2D eigenvalue weighted by atomic mass is 10.2. The topological polar surface area (TPSA) is 24.9 Å². The minimum Gasteiger partial charge on any atom is -0.457 e. The second kappa shape index (κ2) is 15.6. The maximum absolute atomic E-state index is 6.01. The van der Waals surface area contributed by atoms with Crippen LogP contribution in [0.4, 0.5) is 0 Å². The van der Waals surface area contributed by atoms with E-state index in [2.05, 4.69) is 85.1 Å². The summed E-state index contributed by atoms with van der Waals surface area (Å²) in [7, 11) is 8.23. The minimum absolute atomic E-state index is 0.851. The van der Waals surface area contributed by atoms with Gasteiger partial charge in [-0.25, -0.2) is 0 Å². The zero-order valence-corrected chi connectivity index (χ0v) is 25.3. The number of thioether (sulfide) groups is 1. The average Bonchev–Trinajstić information content (AvgIpc) is 2.89. The molecule has 0 aliphatic heterocycles. The molecule has 0 radical (unpaired) electrons. The molecule has 38 heavy (non-hydrogen) atoms. The van der Waals surface area contributed by atoms with Crippen LogP contribution in [0.3, 0.4) is 0 Å². The first kappa shape index (κ1) is 29.8. The van der Waals surface area contributed by atoms with Gasteiger partial charge in [0, 0.05) is 33.6 Å². The van der Waals surface area contributed by atoms with Crippen molar-refractivity contribution >= 4 is 27.7 Å². The van der Waals surface area contributed by atoms with Crippen molar-refractivity contribution in [2.24, 2.45) is 0 Å². The molecule has 4 aromatic carbocycles. The molecular formula is C32H37BrN2O2S. The predicted octanol–water partition coefficient (Wildman–Crippen LogP) is 8.96. The zero-order chi connectivity index (χ0) is 27.3. The van der Waals surface area contributed by atoms with Crippen molar-refractivity contribution < 1.29 is 9.47 Å². The smallest absolute Gasteiger partial charge is 0.131 e. The minimum atomic E-state index is 0.851. The van der Waals surface area contributed by atoms with Gasteiger partial charge in [0.2, 0.25) is 0 Å². The Balaban J connectivity index is 0.000000212. The van der Waals surface area contributed by atoms with Crippen molar-refractivity contribution in [1.82, 2.24) is 9.80 Å². The highest BCUT2D eigenvalue weighted by Gasteiger charge is 2.06. The molecule has 0 bridgehead atoms. The van der Waals surface area contributed by atoms with Gasteiger partial charge in [-0.05, 0) is 94.6 Å². The average molecular weight is 594 g/mol. The van der Waals surface area contributed by atoms with E-state index >= 15 is 0 Å². The first-order chi connectivity index (χ1) is 18.3. The van der Waals surface area contributed by atoms with Crippen molar-refractivity contribution in [3.8, 4) is 23.0 Å². The summed E-state index contributed by atoms with van der Waals surface area (Å²) in [5.74, 6) is 4.66. The highest BCUT2D eigenvalue weighted by Crippen LogP contribution is 2.29. The SMILES string of the molecule is CCSc1ccc(Oc2ccccc2CN(C)C)cc1.CN(C)Cc1ccccc1Oc1ccc(Br)cc1. The number of ether oxygens (including phenoxy) is 2. The fraction of sp³-hybridized carbons (Fsp3) is 0.250. The molecule has 4 nitrogen and oxygen atoms in total. The summed E-state index contributed by atoms with van der Waals surface area (Å²) in [5, 5.41) is 0. The van der Waals surface area contributed by atoms with Crippen LogP contribution < -0.4 is 9.47 Å². The Morgan fingerprint density at radius 1 is 0.605 bits per heavy atom. The van der Waals surface area contributed by atoms with E-state index in [1.807, 2.05) is 84.6 Å². The Kier molecular flexibility index (Phi) is 12.2. The lowest BCUT2D eigenvalue weighted by molar-refractivity contribution is 0.388. The molecule has 0 heterocycles. The molecule has 4 rings (SSSR count). The molecular weight excluding hydrogens is 556 g/mol. The van der Waals surface area contributed by atoms with Crippen LogP contribution in [0.25, 0.3) is 0 Å². The first-order valence-corrected chi connectivity index (χ1v) is 14.4. The number of benzene rings is 4. The molecule has 200 valence electrons. The fourth-order valence-electron chi connectivity index (χ4n) is 3.68. The summed E-state index contributed by atoms with van der Waals surface area (Å²) in [6.07, 6.45) is 0. The molecule has 0 saturated heterocycles. The van der Waals surface area contributed by atoms with E-state index in [1.54, 1.807) is 0 Å². The predicted molar refractivity (Wildman–Crippen MR) is 165 cm³/mol. The van der Waals surface area contributed by atoms with E-state index in [-0.39, 0.29) is 0 Å². The van der Waals surface area contributed by atoms with E-state index < -0.39 is 0 Å². The van der Waals surface area contributed by atoms with Gasteiger partial charge in [0.05, 0.1) is 0 Å². The molecule has 0 aliphatic rings. The van der Waals surface area contributed by atoms with E-state index in [4.69, 9.17) is 9.47 Å². The summed E-state index contributed by atoms with van der Waals surface area (Å²) < 4.78 is 13.0. The maximum atomic E-state index is 6.01. The number of halogens is 1. The second-order valence-electron chi connectivity index (χ2n) is 9.25. The van der Waals surface area contributed by atoms with Crippen LogP contribution in [-0.4, -0.2) is 43.7 Å². The Morgan fingerprint density at radius 3 is 1.45 bits per heavy atom. The van der Waals surface area contributed by atoms with Crippen LogP contribution in [0.1, 0.15) is 18.1 Å². The van der Waals surface area contributed by atoms with Crippen molar-refractivity contribution in [1.29, 1.82) is 0 Å². The number of nitrogens with zero attached hydrogens (tertiary/aromatic N) is 2. The van der Waals surface area contributed by atoms with Gasteiger partial charge in [0.15, 0.2) is 0 Å². The molecule has 0 spiro atoms. The second-order valence-corrected chi connectivity index (χ2v) is 11.5. The lowest BCUT2D eigenvalue weighted by Crippen LogP contribution is -2.11. The summed E-state index contributed by atoms with van der Waals surface area (Å²) in [5.41, 5.74) is 2.38. The highest BCUT2D eigenvalue weighted by molar-refractivity contribution is 9.10. The van der Waals surface area contributed by atoms with Gasteiger partial charge >= 0.3 is 0 Å². The fourth-order valence-corrected chi connectivity index (χ4v) is 4.60. The van der Waals surface area contributed by atoms with E-state index in [9.17, 15) is 0 Å². The molecule has 0 aromatic heterocycles. The van der Waals surface area contributed by atoms with Crippen LogP contribution in [0, 0.1) is 0 Å². The van der Waals surface area contributed by atoms with Gasteiger partial charge in [0.25, 0.3) is 0 Å². The van der Waals surface area contributed by atoms with Crippen molar-refractivity contribution in [2.45, 2.75) is 24.9 Å². The maximum Gasteiger partial charge on any atom is 0.131 e. The third-order valence-electron chi connectivity index (χ3n) is 5.32. The molecule has 0 saturated carbocycles. The van der Waals surface area contributed by atoms with Gasteiger partial charge in [-0.2, -0.15) is 0 Å². The van der Waals surface area contributed by atoms with E-state index in [0.717, 1.165) is 46.3 Å². The van der Waals surface area contributed by atoms with Crippen molar-refractivity contribution in [3.05, 3.63) is 113 Å². The van der Waals surface area contributed by atoms with Crippen LogP contribution in [-0.2, 0) is 13.1 Å². The third kappa shape index (κ3) is 10.2. The lowest BCUT2D eigenvalue weighted by Gasteiger charge is -2.14. The number of hydrogen-bond donors (Lipinski definition) is 0.